The Morgan fingerprint density at radius 2 is 1.95 bits per heavy atom. The minimum Gasteiger partial charge on any atom is -0.332 e. The highest BCUT2D eigenvalue weighted by Gasteiger charge is 2.44. The van der Waals surface area contributed by atoms with E-state index in [-0.39, 0.29) is 11.4 Å². The molecular weight excluding hydrogens is 236 g/mol. The van der Waals surface area contributed by atoms with E-state index in [1.54, 1.807) is 0 Å². The molecule has 0 radical (unpaired) electrons. The first kappa shape index (κ1) is 12.7. The van der Waals surface area contributed by atoms with Gasteiger partial charge in [0.1, 0.15) is 0 Å². The highest BCUT2D eigenvalue weighted by Crippen LogP contribution is 2.35. The van der Waals surface area contributed by atoms with Crippen molar-refractivity contribution in [2.45, 2.75) is 38.1 Å². The van der Waals surface area contributed by atoms with Gasteiger partial charge >= 0.3 is 0 Å². The summed E-state index contributed by atoms with van der Waals surface area (Å²) >= 11 is 0. The zero-order chi connectivity index (χ0) is 13.3. The van der Waals surface area contributed by atoms with Crippen LogP contribution in [-0.4, -0.2) is 36.0 Å². The van der Waals surface area contributed by atoms with E-state index in [0.29, 0.717) is 0 Å². The second-order valence-electron chi connectivity index (χ2n) is 5.93. The van der Waals surface area contributed by atoms with Crippen LogP contribution in [0.3, 0.4) is 0 Å². The van der Waals surface area contributed by atoms with E-state index in [1.807, 2.05) is 24.3 Å². The number of nitrogens with one attached hydrogen (secondary N) is 1. The number of piperidine rings is 1. The molecule has 2 heterocycles. The molecule has 3 rings (SSSR count). The molecule has 3 heteroatoms. The number of hydrogen-bond donors (Lipinski definition) is 1. The van der Waals surface area contributed by atoms with Gasteiger partial charge in [0.15, 0.2) is 0 Å². The van der Waals surface area contributed by atoms with Crippen molar-refractivity contribution in [3.05, 3.63) is 35.4 Å². The van der Waals surface area contributed by atoms with E-state index in [2.05, 4.69) is 17.1 Å². The molecule has 0 bridgehead atoms. The molecule has 1 aromatic rings. The average molecular weight is 258 g/mol. The number of likely N-dealkylation sites (tertiary alicyclic amines) is 1. The first-order chi connectivity index (χ1) is 9.21. The second kappa shape index (κ2) is 4.97. The van der Waals surface area contributed by atoms with Crippen LogP contribution in [0.5, 0.6) is 0 Å². The summed E-state index contributed by atoms with van der Waals surface area (Å²) in [5.74, 6) is 0.209. The Morgan fingerprint density at radius 3 is 2.63 bits per heavy atom. The Labute approximate surface area is 115 Å². The first-order valence-electron chi connectivity index (χ1n) is 7.31. The fourth-order valence-corrected chi connectivity index (χ4v) is 3.50. The molecular formula is C16H22N2O. The van der Waals surface area contributed by atoms with E-state index in [4.69, 9.17) is 0 Å². The smallest absolute Gasteiger partial charge is 0.254 e. The third kappa shape index (κ3) is 2.27. The Morgan fingerprint density at radius 1 is 1.21 bits per heavy atom. The molecule has 1 spiro atoms. The molecule has 2 aliphatic rings. The number of hydrogen-bond acceptors (Lipinski definition) is 2. The van der Waals surface area contributed by atoms with Crippen LogP contribution in [0.1, 0.15) is 41.6 Å². The van der Waals surface area contributed by atoms with Gasteiger partial charge in [0.25, 0.3) is 5.91 Å². The molecule has 0 saturated carbocycles. The lowest BCUT2D eigenvalue weighted by Gasteiger charge is -2.42. The summed E-state index contributed by atoms with van der Waals surface area (Å²) < 4.78 is 0. The molecule has 1 amide bonds. The molecule has 1 atom stereocenters. The lowest BCUT2D eigenvalue weighted by Crippen LogP contribution is -2.56. The van der Waals surface area contributed by atoms with Gasteiger partial charge in [-0.15, -0.1) is 0 Å². The predicted octanol–water partition coefficient (Wildman–Crippen LogP) is 2.35. The van der Waals surface area contributed by atoms with Crippen LogP contribution in [0.15, 0.2) is 24.3 Å². The fraction of sp³-hybridized carbons (Fsp3) is 0.562. The van der Waals surface area contributed by atoms with Crippen LogP contribution >= 0.6 is 0 Å². The van der Waals surface area contributed by atoms with Gasteiger partial charge in [0.2, 0.25) is 0 Å². The van der Waals surface area contributed by atoms with Crippen molar-refractivity contribution in [2.24, 2.45) is 0 Å². The minimum absolute atomic E-state index is 0.0836. The van der Waals surface area contributed by atoms with E-state index in [1.165, 1.54) is 12.0 Å². The van der Waals surface area contributed by atoms with Crippen LogP contribution in [0, 0.1) is 6.92 Å². The number of nitrogens with zero attached hydrogens (tertiary/aromatic N) is 1. The topological polar surface area (TPSA) is 32.3 Å². The van der Waals surface area contributed by atoms with Crippen LogP contribution in [0.25, 0.3) is 0 Å². The van der Waals surface area contributed by atoms with Gasteiger partial charge in [-0.25, -0.2) is 0 Å². The summed E-state index contributed by atoms with van der Waals surface area (Å²) in [6, 6.07) is 7.96. The number of carbonyl (C=O) groups is 1. The Bertz CT molecular complexity index is 460. The van der Waals surface area contributed by atoms with Gasteiger partial charge < -0.3 is 10.2 Å². The van der Waals surface area contributed by atoms with Gasteiger partial charge in [-0.1, -0.05) is 17.7 Å². The van der Waals surface area contributed by atoms with Crippen molar-refractivity contribution in [3.8, 4) is 0 Å². The third-order valence-corrected chi connectivity index (χ3v) is 4.59. The average Bonchev–Trinajstić information content (AvgIpc) is 2.83. The van der Waals surface area contributed by atoms with Crippen molar-refractivity contribution in [1.29, 1.82) is 0 Å². The summed E-state index contributed by atoms with van der Waals surface area (Å²) in [5, 5.41) is 3.47. The van der Waals surface area contributed by atoms with Crippen molar-refractivity contribution < 1.29 is 4.79 Å². The fourth-order valence-electron chi connectivity index (χ4n) is 3.50. The quantitative estimate of drug-likeness (QED) is 0.838. The molecule has 0 aliphatic carbocycles. The van der Waals surface area contributed by atoms with Gasteiger partial charge in [0.05, 0.1) is 5.54 Å². The van der Waals surface area contributed by atoms with Crippen LogP contribution < -0.4 is 5.32 Å². The van der Waals surface area contributed by atoms with Gasteiger partial charge in [-0.3, -0.25) is 4.79 Å². The molecule has 1 unspecified atom stereocenters. The number of amides is 1. The first-order valence-corrected chi connectivity index (χ1v) is 7.31. The maximum Gasteiger partial charge on any atom is 0.254 e. The lowest BCUT2D eigenvalue weighted by molar-refractivity contribution is 0.0534. The van der Waals surface area contributed by atoms with Crippen LogP contribution in [0.4, 0.5) is 0 Å². The SMILES string of the molecule is Cc1ccc(C(=O)N2CCCC23CCCNC3)cc1. The largest absolute Gasteiger partial charge is 0.332 e. The summed E-state index contributed by atoms with van der Waals surface area (Å²) in [4.78, 5) is 14.9. The van der Waals surface area contributed by atoms with E-state index in [0.717, 1.165) is 44.5 Å². The number of aryl methyl sites for hydroxylation is 1. The molecule has 2 fully saturated rings. The Hall–Kier alpha value is -1.35. The van der Waals surface area contributed by atoms with E-state index >= 15 is 0 Å². The third-order valence-electron chi connectivity index (χ3n) is 4.59. The van der Waals surface area contributed by atoms with Crippen LogP contribution in [-0.2, 0) is 0 Å². The zero-order valence-electron chi connectivity index (χ0n) is 11.6. The lowest BCUT2D eigenvalue weighted by atomic mass is 9.87. The van der Waals surface area contributed by atoms with Gasteiger partial charge in [-0.2, -0.15) is 0 Å². The highest BCUT2D eigenvalue weighted by molar-refractivity contribution is 5.95. The van der Waals surface area contributed by atoms with Crippen molar-refractivity contribution in [2.75, 3.05) is 19.6 Å². The van der Waals surface area contributed by atoms with Crippen molar-refractivity contribution in [3.63, 3.8) is 0 Å². The molecule has 2 aliphatic heterocycles. The molecule has 0 aromatic heterocycles. The summed E-state index contributed by atoms with van der Waals surface area (Å²) in [5.41, 5.74) is 2.12. The summed E-state index contributed by atoms with van der Waals surface area (Å²) in [6.07, 6.45) is 4.62. The van der Waals surface area contributed by atoms with Gasteiger partial charge in [-0.05, 0) is 51.3 Å². The summed E-state index contributed by atoms with van der Waals surface area (Å²) in [7, 11) is 0. The molecule has 19 heavy (non-hydrogen) atoms. The number of benzene rings is 1. The zero-order valence-corrected chi connectivity index (χ0v) is 11.6. The molecule has 1 aromatic carbocycles. The van der Waals surface area contributed by atoms with Crippen molar-refractivity contribution >= 4 is 5.91 Å². The number of carbonyl (C=O) groups excluding carboxylic acids is 1. The standard InChI is InChI=1S/C16H22N2O/c1-13-4-6-14(7-5-13)15(19)18-11-3-9-16(18)8-2-10-17-12-16/h4-7,17H,2-3,8-12H2,1H3. The maximum absolute atomic E-state index is 12.7. The summed E-state index contributed by atoms with van der Waals surface area (Å²) in [6.45, 7) is 5.02. The second-order valence-corrected chi connectivity index (χ2v) is 5.93. The van der Waals surface area contributed by atoms with Gasteiger partial charge in [0, 0.05) is 18.7 Å². The molecule has 2 saturated heterocycles. The molecule has 102 valence electrons. The van der Waals surface area contributed by atoms with Crippen LogP contribution in [0.2, 0.25) is 0 Å². The minimum atomic E-state index is 0.0836. The van der Waals surface area contributed by atoms with Crippen molar-refractivity contribution in [1.82, 2.24) is 10.2 Å². The predicted molar refractivity (Wildman–Crippen MR) is 76.3 cm³/mol. The normalized spacial score (nSPS) is 26.9. The number of rotatable bonds is 1. The van der Waals surface area contributed by atoms with E-state index < -0.39 is 0 Å². The highest BCUT2D eigenvalue weighted by atomic mass is 16.2. The Balaban J connectivity index is 1.84. The monoisotopic (exact) mass is 258 g/mol. The maximum atomic E-state index is 12.7. The van der Waals surface area contributed by atoms with E-state index in [9.17, 15) is 4.79 Å². The molecule has 3 nitrogen and oxygen atoms in total. The Kier molecular flexibility index (Phi) is 3.31. The molecule has 1 N–H and O–H groups in total.